The van der Waals surface area contributed by atoms with E-state index in [1.165, 1.54) is 79.0 Å². The molecule has 0 aliphatic heterocycles. The molecule has 0 atom stereocenters. The maximum atomic E-state index is 2.86. The third kappa shape index (κ3) is 3.51. The van der Waals surface area contributed by atoms with Gasteiger partial charge in [0.1, 0.15) is 0 Å². The molecule has 2 heterocycles. The number of anilines is 1. The second kappa shape index (κ2) is 7.40. The molecule has 2 aromatic rings. The van der Waals surface area contributed by atoms with Gasteiger partial charge in [0.25, 0.3) is 0 Å². The van der Waals surface area contributed by atoms with Crippen LogP contribution >= 0.6 is 22.7 Å². The zero-order valence-corrected chi connectivity index (χ0v) is 15.5. The standard InChI is InChI=1S/C20H27NS2/c1-3-8-16(9-4-1)21(17-10-5-2-6-11-17)20-14-13-19(23-20)18-12-7-15-22-18/h7,12-17H,1-6,8-11H2. The van der Waals surface area contributed by atoms with Gasteiger partial charge in [-0.05, 0) is 49.3 Å². The molecule has 124 valence electrons. The van der Waals surface area contributed by atoms with Crippen molar-refractivity contribution in [3.8, 4) is 9.75 Å². The molecule has 0 bridgehead atoms. The Morgan fingerprint density at radius 3 is 1.96 bits per heavy atom. The molecule has 2 fully saturated rings. The lowest BCUT2D eigenvalue weighted by atomic mass is 9.89. The first-order valence-corrected chi connectivity index (χ1v) is 11.0. The van der Waals surface area contributed by atoms with Gasteiger partial charge in [0, 0.05) is 21.8 Å². The minimum absolute atomic E-state index is 0.793. The van der Waals surface area contributed by atoms with E-state index in [-0.39, 0.29) is 0 Å². The molecule has 0 aromatic carbocycles. The molecular weight excluding hydrogens is 318 g/mol. The predicted octanol–water partition coefficient (Wildman–Crippen LogP) is 6.95. The van der Waals surface area contributed by atoms with Crippen LogP contribution in [0.3, 0.4) is 0 Å². The van der Waals surface area contributed by atoms with E-state index in [4.69, 9.17) is 0 Å². The van der Waals surface area contributed by atoms with Crippen LogP contribution in [-0.2, 0) is 0 Å². The van der Waals surface area contributed by atoms with Gasteiger partial charge in [-0.15, -0.1) is 22.7 Å². The van der Waals surface area contributed by atoms with Crippen LogP contribution in [0.25, 0.3) is 9.75 Å². The van der Waals surface area contributed by atoms with E-state index in [1.54, 1.807) is 0 Å². The maximum Gasteiger partial charge on any atom is 0.0920 e. The second-order valence-electron chi connectivity index (χ2n) is 7.11. The van der Waals surface area contributed by atoms with Crippen LogP contribution in [0, 0.1) is 0 Å². The molecule has 23 heavy (non-hydrogen) atoms. The van der Waals surface area contributed by atoms with Crippen LogP contribution in [0.4, 0.5) is 5.00 Å². The van der Waals surface area contributed by atoms with Gasteiger partial charge in [0.05, 0.1) is 5.00 Å². The van der Waals surface area contributed by atoms with E-state index in [9.17, 15) is 0 Å². The number of hydrogen-bond donors (Lipinski definition) is 0. The Kier molecular flexibility index (Phi) is 5.05. The minimum atomic E-state index is 0.793. The largest absolute Gasteiger partial charge is 0.357 e. The van der Waals surface area contributed by atoms with Gasteiger partial charge >= 0.3 is 0 Å². The molecule has 3 heteroatoms. The van der Waals surface area contributed by atoms with Crippen molar-refractivity contribution < 1.29 is 0 Å². The van der Waals surface area contributed by atoms with Crippen molar-refractivity contribution in [1.82, 2.24) is 0 Å². The topological polar surface area (TPSA) is 3.24 Å². The lowest BCUT2D eigenvalue weighted by Crippen LogP contribution is -2.45. The first-order chi connectivity index (χ1) is 11.4. The van der Waals surface area contributed by atoms with Crippen LogP contribution in [0.5, 0.6) is 0 Å². The molecule has 2 aromatic heterocycles. The Hall–Kier alpha value is -0.800. The Bertz CT molecular complexity index is 571. The molecule has 4 rings (SSSR count). The predicted molar refractivity (Wildman–Crippen MR) is 104 cm³/mol. The fraction of sp³-hybridized carbons (Fsp3) is 0.600. The minimum Gasteiger partial charge on any atom is -0.357 e. The van der Waals surface area contributed by atoms with E-state index >= 15 is 0 Å². The van der Waals surface area contributed by atoms with Crippen molar-refractivity contribution >= 4 is 27.7 Å². The van der Waals surface area contributed by atoms with Crippen molar-refractivity contribution in [3.63, 3.8) is 0 Å². The number of nitrogens with zero attached hydrogens (tertiary/aromatic N) is 1. The van der Waals surface area contributed by atoms with Gasteiger partial charge in [-0.1, -0.05) is 44.6 Å². The molecule has 0 amide bonds. The van der Waals surface area contributed by atoms with E-state index in [2.05, 4.69) is 34.5 Å². The van der Waals surface area contributed by atoms with Gasteiger partial charge in [-0.2, -0.15) is 0 Å². The molecule has 0 N–H and O–H groups in total. The number of rotatable bonds is 4. The van der Waals surface area contributed by atoms with Crippen LogP contribution in [0.1, 0.15) is 64.2 Å². The highest BCUT2D eigenvalue weighted by Crippen LogP contribution is 2.41. The summed E-state index contributed by atoms with van der Waals surface area (Å²) in [5, 5.41) is 3.72. The smallest absolute Gasteiger partial charge is 0.0920 e. The van der Waals surface area contributed by atoms with Gasteiger partial charge in [-0.25, -0.2) is 0 Å². The average molecular weight is 346 g/mol. The van der Waals surface area contributed by atoms with E-state index in [1.807, 2.05) is 22.7 Å². The SMILES string of the molecule is c1csc(-c2ccc(N(C3CCCCC3)C3CCCCC3)s2)c1. The first kappa shape index (κ1) is 15.7. The highest BCUT2D eigenvalue weighted by Gasteiger charge is 2.30. The van der Waals surface area contributed by atoms with E-state index in [0.29, 0.717) is 0 Å². The summed E-state index contributed by atoms with van der Waals surface area (Å²) in [7, 11) is 0. The van der Waals surface area contributed by atoms with Gasteiger partial charge < -0.3 is 4.90 Å². The third-order valence-electron chi connectivity index (χ3n) is 5.55. The highest BCUT2D eigenvalue weighted by atomic mass is 32.1. The molecule has 0 saturated heterocycles. The fourth-order valence-electron chi connectivity index (χ4n) is 4.39. The quantitative estimate of drug-likeness (QED) is 0.579. The van der Waals surface area contributed by atoms with Crippen LogP contribution in [0.2, 0.25) is 0 Å². The molecular formula is C20H27NS2. The highest BCUT2D eigenvalue weighted by molar-refractivity contribution is 7.23. The molecule has 0 radical (unpaired) electrons. The summed E-state index contributed by atoms with van der Waals surface area (Å²) in [5.41, 5.74) is 0. The van der Waals surface area contributed by atoms with Crippen LogP contribution < -0.4 is 4.90 Å². The molecule has 2 aliphatic carbocycles. The van der Waals surface area contributed by atoms with Crippen molar-refractivity contribution in [1.29, 1.82) is 0 Å². The summed E-state index contributed by atoms with van der Waals surface area (Å²) in [4.78, 5) is 5.74. The summed E-state index contributed by atoms with van der Waals surface area (Å²) in [6, 6.07) is 10.8. The lowest BCUT2D eigenvalue weighted by Gasteiger charge is -2.42. The summed E-state index contributed by atoms with van der Waals surface area (Å²) in [5.74, 6) is 0. The lowest BCUT2D eigenvalue weighted by molar-refractivity contribution is 0.341. The van der Waals surface area contributed by atoms with Crippen molar-refractivity contribution in [2.24, 2.45) is 0 Å². The van der Waals surface area contributed by atoms with E-state index in [0.717, 1.165) is 12.1 Å². The van der Waals surface area contributed by atoms with Crippen molar-refractivity contribution in [3.05, 3.63) is 29.6 Å². The zero-order chi connectivity index (χ0) is 15.5. The Labute approximate surface area is 148 Å². The molecule has 1 nitrogen and oxygen atoms in total. The van der Waals surface area contributed by atoms with Gasteiger partial charge in [-0.3, -0.25) is 0 Å². The normalized spacial score (nSPS) is 20.7. The molecule has 0 unspecified atom stereocenters. The Balaban J connectivity index is 1.61. The Morgan fingerprint density at radius 2 is 1.39 bits per heavy atom. The zero-order valence-electron chi connectivity index (χ0n) is 13.9. The van der Waals surface area contributed by atoms with Crippen molar-refractivity contribution in [2.45, 2.75) is 76.3 Å². The number of thiophene rings is 2. The van der Waals surface area contributed by atoms with Crippen molar-refractivity contribution in [2.75, 3.05) is 4.90 Å². The first-order valence-electron chi connectivity index (χ1n) is 9.34. The molecule has 2 aliphatic rings. The van der Waals surface area contributed by atoms with Gasteiger partial charge in [0.2, 0.25) is 0 Å². The summed E-state index contributed by atoms with van der Waals surface area (Å²) >= 11 is 3.89. The fourth-order valence-corrected chi connectivity index (χ4v) is 6.38. The van der Waals surface area contributed by atoms with Crippen LogP contribution in [-0.4, -0.2) is 12.1 Å². The third-order valence-corrected chi connectivity index (χ3v) is 7.71. The van der Waals surface area contributed by atoms with E-state index < -0.39 is 0 Å². The summed E-state index contributed by atoms with van der Waals surface area (Å²) < 4.78 is 0. The summed E-state index contributed by atoms with van der Waals surface area (Å²) in [6.45, 7) is 0. The monoisotopic (exact) mass is 345 g/mol. The Morgan fingerprint density at radius 1 is 0.739 bits per heavy atom. The van der Waals surface area contributed by atoms with Gasteiger partial charge in [0.15, 0.2) is 0 Å². The van der Waals surface area contributed by atoms with Crippen LogP contribution in [0.15, 0.2) is 29.6 Å². The average Bonchev–Trinajstić information content (AvgIpc) is 3.29. The number of hydrogen-bond acceptors (Lipinski definition) is 3. The molecule has 2 saturated carbocycles. The molecule has 0 spiro atoms. The summed E-state index contributed by atoms with van der Waals surface area (Å²) in [6.07, 6.45) is 14.2. The maximum absolute atomic E-state index is 2.86. The second-order valence-corrected chi connectivity index (χ2v) is 9.12.